The summed E-state index contributed by atoms with van der Waals surface area (Å²) in [5.74, 6) is -0.165. The van der Waals surface area contributed by atoms with Gasteiger partial charge in [-0.3, -0.25) is 14.5 Å². The number of aromatic nitrogens is 2. The molecule has 4 rings (SSSR count). The van der Waals surface area contributed by atoms with Gasteiger partial charge in [-0.15, -0.1) is 5.10 Å². The van der Waals surface area contributed by atoms with Crippen molar-refractivity contribution in [3.63, 3.8) is 0 Å². The van der Waals surface area contributed by atoms with Crippen molar-refractivity contribution < 1.29 is 19.1 Å². The van der Waals surface area contributed by atoms with Gasteiger partial charge in [0.15, 0.2) is 0 Å². The SMILES string of the molecule is CC(C)CC1NC(=O)N([C@H]2CC[C@H](Oc3nn4ccccc4c3C(N)=O)CC2)C1=O. The van der Waals surface area contributed by atoms with Gasteiger partial charge in [0, 0.05) is 12.2 Å². The molecule has 1 aliphatic heterocycles. The average molecular weight is 413 g/mol. The monoisotopic (exact) mass is 413 g/mol. The Labute approximate surface area is 174 Å². The van der Waals surface area contributed by atoms with Crippen molar-refractivity contribution in [2.75, 3.05) is 0 Å². The highest BCUT2D eigenvalue weighted by Gasteiger charge is 2.43. The van der Waals surface area contributed by atoms with E-state index in [9.17, 15) is 14.4 Å². The van der Waals surface area contributed by atoms with Crippen LogP contribution in [0.3, 0.4) is 0 Å². The van der Waals surface area contributed by atoms with Crippen molar-refractivity contribution in [2.45, 2.75) is 64.1 Å². The maximum Gasteiger partial charge on any atom is 0.325 e. The lowest BCUT2D eigenvalue weighted by Crippen LogP contribution is -2.44. The predicted molar refractivity (Wildman–Crippen MR) is 109 cm³/mol. The van der Waals surface area contributed by atoms with Gasteiger partial charge in [0.2, 0.25) is 5.88 Å². The van der Waals surface area contributed by atoms with Crippen LogP contribution in [0.1, 0.15) is 56.3 Å². The summed E-state index contributed by atoms with van der Waals surface area (Å²) in [7, 11) is 0. The summed E-state index contributed by atoms with van der Waals surface area (Å²) in [4.78, 5) is 38.4. The van der Waals surface area contributed by atoms with Crippen molar-refractivity contribution in [1.82, 2.24) is 19.8 Å². The number of primary amides is 1. The number of carbonyl (C=O) groups is 3. The van der Waals surface area contributed by atoms with E-state index in [1.54, 1.807) is 16.8 Å². The van der Waals surface area contributed by atoms with E-state index in [2.05, 4.69) is 10.4 Å². The van der Waals surface area contributed by atoms with E-state index in [1.165, 1.54) is 4.90 Å². The van der Waals surface area contributed by atoms with Crippen molar-refractivity contribution in [3.8, 4) is 5.88 Å². The van der Waals surface area contributed by atoms with Crippen LogP contribution in [0.4, 0.5) is 4.79 Å². The van der Waals surface area contributed by atoms with Crippen LogP contribution in [0, 0.1) is 5.92 Å². The second-order valence-corrected chi connectivity index (χ2v) is 8.46. The number of ether oxygens (including phenoxy) is 1. The van der Waals surface area contributed by atoms with Crippen LogP contribution in [-0.4, -0.2) is 50.5 Å². The molecule has 2 aromatic heterocycles. The van der Waals surface area contributed by atoms with Crippen LogP contribution in [0.15, 0.2) is 24.4 Å². The van der Waals surface area contributed by atoms with Crippen molar-refractivity contribution in [3.05, 3.63) is 30.0 Å². The summed E-state index contributed by atoms with van der Waals surface area (Å²) in [5, 5.41) is 7.16. The van der Waals surface area contributed by atoms with E-state index < -0.39 is 11.9 Å². The van der Waals surface area contributed by atoms with Crippen LogP contribution >= 0.6 is 0 Å². The number of fused-ring (bicyclic) bond motifs is 1. The molecule has 0 aromatic carbocycles. The van der Waals surface area contributed by atoms with E-state index in [0.29, 0.717) is 43.5 Å². The Kier molecular flexibility index (Phi) is 5.36. The molecule has 0 bridgehead atoms. The van der Waals surface area contributed by atoms with Gasteiger partial charge in [-0.25, -0.2) is 9.31 Å². The normalized spacial score (nSPS) is 24.5. The Hall–Kier alpha value is -3.10. The Morgan fingerprint density at radius 2 is 2.00 bits per heavy atom. The maximum atomic E-state index is 12.7. The fourth-order valence-electron chi connectivity index (χ4n) is 4.40. The highest BCUT2D eigenvalue weighted by atomic mass is 16.5. The fourth-order valence-corrected chi connectivity index (χ4v) is 4.40. The summed E-state index contributed by atoms with van der Waals surface area (Å²) in [6, 6.07) is 4.52. The number of imide groups is 1. The summed E-state index contributed by atoms with van der Waals surface area (Å²) in [6.07, 6.45) is 4.83. The van der Waals surface area contributed by atoms with E-state index in [4.69, 9.17) is 10.5 Å². The minimum absolute atomic E-state index is 0.130. The Morgan fingerprint density at radius 3 is 2.67 bits per heavy atom. The predicted octanol–water partition coefficient (Wildman–Crippen LogP) is 2.09. The first-order chi connectivity index (χ1) is 14.3. The van der Waals surface area contributed by atoms with Gasteiger partial charge in [-0.05, 0) is 50.2 Å². The number of nitrogens with zero attached hydrogens (tertiary/aromatic N) is 3. The topological polar surface area (TPSA) is 119 Å². The van der Waals surface area contributed by atoms with E-state index in [1.807, 2.05) is 26.0 Å². The lowest BCUT2D eigenvalue weighted by Gasteiger charge is -2.32. The van der Waals surface area contributed by atoms with Crippen LogP contribution in [0.25, 0.3) is 5.52 Å². The number of rotatable bonds is 6. The summed E-state index contributed by atoms with van der Waals surface area (Å²) >= 11 is 0. The van der Waals surface area contributed by atoms with Crippen LogP contribution in [-0.2, 0) is 4.79 Å². The first-order valence-electron chi connectivity index (χ1n) is 10.4. The first kappa shape index (κ1) is 20.2. The second-order valence-electron chi connectivity index (χ2n) is 8.46. The van der Waals surface area contributed by atoms with Gasteiger partial charge >= 0.3 is 6.03 Å². The van der Waals surface area contributed by atoms with E-state index in [0.717, 1.165) is 0 Å². The zero-order valence-electron chi connectivity index (χ0n) is 17.2. The molecule has 9 nitrogen and oxygen atoms in total. The Balaban J connectivity index is 1.42. The van der Waals surface area contributed by atoms with E-state index in [-0.39, 0.29) is 35.5 Å². The number of nitrogens with one attached hydrogen (secondary N) is 1. The largest absolute Gasteiger partial charge is 0.473 e. The minimum atomic E-state index is -0.588. The van der Waals surface area contributed by atoms with Gasteiger partial charge in [0.05, 0.1) is 5.52 Å². The molecule has 1 saturated carbocycles. The molecule has 0 spiro atoms. The molecule has 0 radical (unpaired) electrons. The molecule has 3 N–H and O–H groups in total. The number of hydrogen-bond donors (Lipinski definition) is 2. The van der Waals surface area contributed by atoms with Gasteiger partial charge in [-0.1, -0.05) is 19.9 Å². The number of nitrogens with two attached hydrogens (primary N) is 1. The highest BCUT2D eigenvalue weighted by molar-refractivity contribution is 6.04. The van der Waals surface area contributed by atoms with Crippen LogP contribution < -0.4 is 15.8 Å². The Morgan fingerprint density at radius 1 is 1.27 bits per heavy atom. The number of pyridine rings is 1. The second kappa shape index (κ2) is 7.97. The highest BCUT2D eigenvalue weighted by Crippen LogP contribution is 2.31. The molecule has 2 aliphatic rings. The summed E-state index contributed by atoms with van der Waals surface area (Å²) in [6.45, 7) is 4.06. The molecule has 9 heteroatoms. The fraction of sp³-hybridized carbons (Fsp3) is 0.524. The molecule has 3 heterocycles. The van der Waals surface area contributed by atoms with Crippen molar-refractivity contribution >= 4 is 23.4 Å². The molecule has 160 valence electrons. The third-order valence-corrected chi connectivity index (χ3v) is 5.80. The minimum Gasteiger partial charge on any atom is -0.473 e. The van der Waals surface area contributed by atoms with Gasteiger partial charge in [0.25, 0.3) is 11.8 Å². The lowest BCUT2D eigenvalue weighted by molar-refractivity contribution is -0.130. The summed E-state index contributed by atoms with van der Waals surface area (Å²) < 4.78 is 7.61. The van der Waals surface area contributed by atoms with Crippen LogP contribution in [0.5, 0.6) is 5.88 Å². The van der Waals surface area contributed by atoms with Gasteiger partial charge in [0.1, 0.15) is 17.7 Å². The zero-order chi connectivity index (χ0) is 21.4. The molecular weight excluding hydrogens is 386 g/mol. The molecule has 2 aromatic rings. The number of carbonyl (C=O) groups excluding carboxylic acids is 3. The smallest absolute Gasteiger partial charge is 0.325 e. The number of amides is 4. The molecule has 1 unspecified atom stereocenters. The molecule has 1 aliphatic carbocycles. The van der Waals surface area contributed by atoms with Crippen LogP contribution in [0.2, 0.25) is 0 Å². The number of hydrogen-bond acceptors (Lipinski definition) is 5. The quantitative estimate of drug-likeness (QED) is 0.703. The standard InChI is InChI=1S/C21H27N5O4/c1-12(2)11-15-20(28)26(21(29)23-15)13-6-8-14(9-7-13)30-19-17(18(22)27)16-5-3-4-10-25(16)24-19/h3-5,10,12-15H,6-9,11H2,1-2H3,(H2,22,27)(H,23,29)/t13-,14-,15?. The van der Waals surface area contributed by atoms with Gasteiger partial charge < -0.3 is 15.8 Å². The molecule has 30 heavy (non-hydrogen) atoms. The average Bonchev–Trinajstić information content (AvgIpc) is 3.19. The zero-order valence-corrected chi connectivity index (χ0v) is 17.2. The lowest BCUT2D eigenvalue weighted by atomic mass is 9.91. The van der Waals surface area contributed by atoms with Gasteiger partial charge in [-0.2, -0.15) is 0 Å². The molecular formula is C21H27N5O4. The van der Waals surface area contributed by atoms with Crippen molar-refractivity contribution in [2.24, 2.45) is 11.7 Å². The first-order valence-corrected chi connectivity index (χ1v) is 10.4. The molecule has 4 amide bonds. The number of urea groups is 1. The maximum absolute atomic E-state index is 12.7. The summed E-state index contributed by atoms with van der Waals surface area (Å²) in [5.41, 5.74) is 6.42. The third kappa shape index (κ3) is 3.71. The molecule has 1 atom stereocenters. The Bertz CT molecular complexity index is 977. The molecule has 1 saturated heterocycles. The third-order valence-electron chi connectivity index (χ3n) is 5.80. The molecule has 2 fully saturated rings. The van der Waals surface area contributed by atoms with Crippen molar-refractivity contribution in [1.29, 1.82) is 0 Å². The van der Waals surface area contributed by atoms with E-state index >= 15 is 0 Å².